The van der Waals surface area contributed by atoms with Crippen LogP contribution in [0.15, 0.2) is 18.2 Å². The van der Waals surface area contributed by atoms with Crippen LogP contribution in [0.4, 0.5) is 10.1 Å². The van der Waals surface area contributed by atoms with Crippen LogP contribution in [0.1, 0.15) is 5.56 Å². The Morgan fingerprint density at radius 2 is 2.04 bits per heavy atom. The van der Waals surface area contributed by atoms with Crippen molar-refractivity contribution >= 4 is 28.9 Å². The molecule has 0 atom stereocenters. The summed E-state index contributed by atoms with van der Waals surface area (Å²) in [6.45, 7) is 6.10. The first kappa shape index (κ1) is 19.6. The number of carbonyl (C=O) groups excluding carboxylic acids is 1. The van der Waals surface area contributed by atoms with Crippen LogP contribution in [0.3, 0.4) is 0 Å². The van der Waals surface area contributed by atoms with Crippen molar-refractivity contribution in [2.24, 2.45) is 0 Å². The van der Waals surface area contributed by atoms with E-state index >= 15 is 0 Å². The molecule has 0 bridgehead atoms. The number of methoxy groups -OCH3 is 1. The number of hydrogen-bond donors (Lipinski definition) is 2. The SMILES string of the molecule is COCCNC(=O)CN1CCN(C(=S)Nc2ccc(C)c(F)c2)CC1. The Morgan fingerprint density at radius 1 is 1.32 bits per heavy atom. The first-order chi connectivity index (χ1) is 12.0. The second kappa shape index (κ2) is 9.65. The highest BCUT2D eigenvalue weighted by Gasteiger charge is 2.20. The molecule has 0 aliphatic carbocycles. The molecule has 1 saturated heterocycles. The average molecular weight is 368 g/mol. The quantitative estimate of drug-likeness (QED) is 0.582. The minimum Gasteiger partial charge on any atom is -0.383 e. The van der Waals surface area contributed by atoms with Crippen molar-refractivity contribution in [2.45, 2.75) is 6.92 Å². The molecule has 0 saturated carbocycles. The second-order valence-corrected chi connectivity index (χ2v) is 6.39. The van der Waals surface area contributed by atoms with Crippen molar-refractivity contribution in [2.75, 3.05) is 58.3 Å². The number of benzene rings is 1. The van der Waals surface area contributed by atoms with Crippen molar-refractivity contribution in [3.05, 3.63) is 29.6 Å². The van der Waals surface area contributed by atoms with Gasteiger partial charge in [0.15, 0.2) is 5.11 Å². The van der Waals surface area contributed by atoms with Crippen LogP contribution in [-0.4, -0.2) is 73.8 Å². The largest absolute Gasteiger partial charge is 0.383 e. The Hall–Kier alpha value is -1.77. The minimum absolute atomic E-state index is 0.00123. The topological polar surface area (TPSA) is 56.8 Å². The Morgan fingerprint density at radius 3 is 2.68 bits per heavy atom. The van der Waals surface area contributed by atoms with E-state index in [2.05, 4.69) is 15.5 Å². The van der Waals surface area contributed by atoms with Crippen LogP contribution in [0, 0.1) is 12.7 Å². The predicted molar refractivity (Wildman–Crippen MR) is 100 cm³/mol. The van der Waals surface area contributed by atoms with Gasteiger partial charge in [0.05, 0.1) is 13.2 Å². The molecule has 0 unspecified atom stereocenters. The van der Waals surface area contributed by atoms with E-state index in [1.54, 1.807) is 20.1 Å². The van der Waals surface area contributed by atoms with E-state index in [4.69, 9.17) is 17.0 Å². The summed E-state index contributed by atoms with van der Waals surface area (Å²) in [6, 6.07) is 4.98. The van der Waals surface area contributed by atoms with E-state index < -0.39 is 0 Å². The molecule has 1 aliphatic rings. The summed E-state index contributed by atoms with van der Waals surface area (Å²) < 4.78 is 18.5. The maximum absolute atomic E-state index is 13.6. The zero-order valence-corrected chi connectivity index (χ0v) is 15.5. The highest BCUT2D eigenvalue weighted by Crippen LogP contribution is 2.14. The van der Waals surface area contributed by atoms with Crippen molar-refractivity contribution in [1.82, 2.24) is 15.1 Å². The molecule has 2 rings (SSSR count). The molecule has 1 aliphatic heterocycles. The van der Waals surface area contributed by atoms with Crippen molar-refractivity contribution in [1.29, 1.82) is 0 Å². The molecule has 2 N–H and O–H groups in total. The number of amides is 1. The van der Waals surface area contributed by atoms with Crippen LogP contribution >= 0.6 is 12.2 Å². The van der Waals surface area contributed by atoms with Crippen molar-refractivity contribution in [3.63, 3.8) is 0 Å². The number of nitrogens with one attached hydrogen (secondary N) is 2. The lowest BCUT2D eigenvalue weighted by molar-refractivity contribution is -0.122. The molecule has 0 spiro atoms. The third-order valence-electron chi connectivity index (χ3n) is 4.08. The van der Waals surface area contributed by atoms with Gasteiger partial charge in [0.2, 0.25) is 5.91 Å². The lowest BCUT2D eigenvalue weighted by Crippen LogP contribution is -2.52. The van der Waals surface area contributed by atoms with E-state index in [-0.39, 0.29) is 11.7 Å². The molecule has 1 fully saturated rings. The summed E-state index contributed by atoms with van der Waals surface area (Å²) in [4.78, 5) is 15.9. The summed E-state index contributed by atoms with van der Waals surface area (Å²) in [5, 5.41) is 6.47. The second-order valence-electron chi connectivity index (χ2n) is 6.00. The number of piperazine rings is 1. The van der Waals surface area contributed by atoms with Gasteiger partial charge in [-0.2, -0.15) is 0 Å². The Kier molecular flexibility index (Phi) is 7.54. The summed E-state index contributed by atoms with van der Waals surface area (Å²) in [5.41, 5.74) is 1.25. The van der Waals surface area contributed by atoms with Gasteiger partial charge >= 0.3 is 0 Å². The van der Waals surface area contributed by atoms with E-state index in [1.165, 1.54) is 6.07 Å². The van der Waals surface area contributed by atoms with E-state index in [9.17, 15) is 9.18 Å². The molecular formula is C17H25FN4O2S. The lowest BCUT2D eigenvalue weighted by Gasteiger charge is -2.35. The lowest BCUT2D eigenvalue weighted by atomic mass is 10.2. The number of anilines is 1. The van der Waals surface area contributed by atoms with Crippen molar-refractivity contribution < 1.29 is 13.9 Å². The Balaban J connectivity index is 1.74. The number of rotatable bonds is 6. The first-order valence-electron chi connectivity index (χ1n) is 8.29. The molecule has 1 aromatic carbocycles. The van der Waals surface area contributed by atoms with Crippen molar-refractivity contribution in [3.8, 4) is 0 Å². The molecule has 8 heteroatoms. The van der Waals surface area contributed by atoms with Gasteiger partial charge in [-0.1, -0.05) is 6.07 Å². The summed E-state index contributed by atoms with van der Waals surface area (Å²) in [5.74, 6) is -0.251. The molecule has 138 valence electrons. The third kappa shape index (κ3) is 6.22. The van der Waals surface area contributed by atoms with Crippen LogP contribution < -0.4 is 10.6 Å². The van der Waals surface area contributed by atoms with Crippen LogP contribution in [-0.2, 0) is 9.53 Å². The number of thiocarbonyl (C=S) groups is 1. The van der Waals surface area contributed by atoms with Gasteiger partial charge in [-0.25, -0.2) is 4.39 Å². The van der Waals surface area contributed by atoms with Gasteiger partial charge in [-0.3, -0.25) is 9.69 Å². The molecule has 0 aromatic heterocycles. The van der Waals surface area contributed by atoms with Gasteiger partial charge in [0.1, 0.15) is 5.82 Å². The molecule has 1 heterocycles. The first-order valence-corrected chi connectivity index (χ1v) is 8.70. The van der Waals surface area contributed by atoms with E-state index in [0.29, 0.717) is 36.1 Å². The maximum atomic E-state index is 13.6. The fraction of sp³-hybridized carbons (Fsp3) is 0.529. The number of carbonyl (C=O) groups is 1. The molecule has 1 amide bonds. The summed E-state index contributed by atoms with van der Waals surface area (Å²) in [6.07, 6.45) is 0. The number of ether oxygens (including phenoxy) is 1. The molecule has 6 nitrogen and oxygen atoms in total. The van der Waals surface area contributed by atoms with Gasteiger partial charge < -0.3 is 20.3 Å². The fourth-order valence-electron chi connectivity index (χ4n) is 2.53. The highest BCUT2D eigenvalue weighted by molar-refractivity contribution is 7.80. The van der Waals surface area contributed by atoms with Gasteiger partial charge in [0.25, 0.3) is 0 Å². The standard InChI is InChI=1S/C17H25FN4O2S/c1-13-3-4-14(11-15(13)18)20-17(25)22-8-6-21(7-9-22)12-16(23)19-5-10-24-2/h3-4,11H,5-10,12H2,1-2H3,(H,19,23)(H,20,25). The third-order valence-corrected chi connectivity index (χ3v) is 4.44. The average Bonchev–Trinajstić information content (AvgIpc) is 2.59. The maximum Gasteiger partial charge on any atom is 0.234 e. The predicted octanol–water partition coefficient (Wildman–Crippen LogP) is 1.21. The monoisotopic (exact) mass is 368 g/mol. The normalized spacial score (nSPS) is 15.1. The van der Waals surface area contributed by atoms with Crippen LogP contribution in [0.25, 0.3) is 0 Å². The highest BCUT2D eigenvalue weighted by atomic mass is 32.1. The van der Waals surface area contributed by atoms with E-state index in [1.807, 2.05) is 11.0 Å². The molecule has 0 radical (unpaired) electrons. The number of aryl methyl sites for hydroxylation is 1. The van der Waals surface area contributed by atoms with Gasteiger partial charge in [0, 0.05) is 45.5 Å². The Bertz CT molecular complexity index is 606. The van der Waals surface area contributed by atoms with Crippen LogP contribution in [0.2, 0.25) is 0 Å². The zero-order valence-electron chi connectivity index (χ0n) is 14.7. The van der Waals surface area contributed by atoms with Gasteiger partial charge in [-0.05, 0) is 36.8 Å². The summed E-state index contributed by atoms with van der Waals surface area (Å²) in [7, 11) is 1.60. The van der Waals surface area contributed by atoms with E-state index in [0.717, 1.165) is 26.2 Å². The number of halogens is 1. The number of hydrogen-bond acceptors (Lipinski definition) is 4. The molecule has 1 aromatic rings. The number of nitrogens with zero attached hydrogens (tertiary/aromatic N) is 2. The zero-order chi connectivity index (χ0) is 18.2. The summed E-state index contributed by atoms with van der Waals surface area (Å²) >= 11 is 5.41. The van der Waals surface area contributed by atoms with Crippen LogP contribution in [0.5, 0.6) is 0 Å². The Labute approximate surface area is 153 Å². The molecular weight excluding hydrogens is 343 g/mol. The smallest absolute Gasteiger partial charge is 0.234 e. The molecule has 25 heavy (non-hydrogen) atoms. The van der Waals surface area contributed by atoms with Gasteiger partial charge in [-0.15, -0.1) is 0 Å². The fourth-order valence-corrected chi connectivity index (χ4v) is 2.83. The minimum atomic E-state index is -0.253.